The van der Waals surface area contributed by atoms with Gasteiger partial charge in [0.2, 0.25) is 5.91 Å². The van der Waals surface area contributed by atoms with E-state index in [9.17, 15) is 9.59 Å². The van der Waals surface area contributed by atoms with Crippen molar-refractivity contribution in [2.45, 2.75) is 33.2 Å². The van der Waals surface area contributed by atoms with Crippen LogP contribution in [0.25, 0.3) is 10.9 Å². The van der Waals surface area contributed by atoms with Crippen LogP contribution in [0.4, 0.5) is 5.69 Å². The molecule has 0 saturated carbocycles. The Labute approximate surface area is 145 Å². The van der Waals surface area contributed by atoms with Crippen molar-refractivity contribution in [1.82, 2.24) is 15.0 Å². The van der Waals surface area contributed by atoms with Gasteiger partial charge in [-0.3, -0.25) is 9.59 Å². The fraction of sp³-hybridized carbons (Fsp3) is 0.263. The molecule has 2 aromatic carbocycles. The molecule has 6 heteroatoms. The Balaban J connectivity index is 1.87. The van der Waals surface area contributed by atoms with Gasteiger partial charge < -0.3 is 5.32 Å². The predicted molar refractivity (Wildman–Crippen MR) is 97.6 cm³/mol. The van der Waals surface area contributed by atoms with Gasteiger partial charge in [0.25, 0.3) is 5.56 Å². The van der Waals surface area contributed by atoms with Crippen molar-refractivity contribution in [1.29, 1.82) is 0 Å². The van der Waals surface area contributed by atoms with Crippen molar-refractivity contribution >= 4 is 22.5 Å². The van der Waals surface area contributed by atoms with Crippen LogP contribution in [-0.4, -0.2) is 20.9 Å². The Bertz CT molecular complexity index is 956. The molecular weight excluding hydrogens is 316 g/mol. The summed E-state index contributed by atoms with van der Waals surface area (Å²) in [5.41, 5.74) is 3.18. The SMILES string of the molecule is CCc1cccc(CC)c1NC(=O)Cn1nnc2ccccc2c1=O. The molecule has 0 aliphatic carbocycles. The maximum atomic E-state index is 12.5. The molecule has 1 amide bonds. The zero-order valence-electron chi connectivity index (χ0n) is 14.3. The lowest BCUT2D eigenvalue weighted by Gasteiger charge is -2.14. The zero-order chi connectivity index (χ0) is 17.8. The lowest BCUT2D eigenvalue weighted by Crippen LogP contribution is -2.30. The van der Waals surface area contributed by atoms with Gasteiger partial charge in [0.15, 0.2) is 0 Å². The van der Waals surface area contributed by atoms with Crippen molar-refractivity contribution in [3.63, 3.8) is 0 Å². The quantitative estimate of drug-likeness (QED) is 0.777. The molecule has 0 spiro atoms. The molecule has 0 atom stereocenters. The summed E-state index contributed by atoms with van der Waals surface area (Å²) < 4.78 is 1.10. The van der Waals surface area contributed by atoms with Gasteiger partial charge in [0, 0.05) is 5.69 Å². The van der Waals surface area contributed by atoms with Crippen molar-refractivity contribution in [3.05, 3.63) is 63.9 Å². The number of amides is 1. The Kier molecular flexibility index (Phi) is 4.88. The van der Waals surface area contributed by atoms with Gasteiger partial charge in [-0.05, 0) is 36.1 Å². The average Bonchev–Trinajstić information content (AvgIpc) is 2.64. The minimum atomic E-state index is -0.319. The second-order valence-corrected chi connectivity index (χ2v) is 5.78. The number of aryl methyl sites for hydroxylation is 2. The van der Waals surface area contributed by atoms with Crippen molar-refractivity contribution < 1.29 is 4.79 Å². The molecule has 0 bridgehead atoms. The molecule has 0 fully saturated rings. The molecule has 25 heavy (non-hydrogen) atoms. The fourth-order valence-corrected chi connectivity index (χ4v) is 2.85. The van der Waals surface area contributed by atoms with Crippen molar-refractivity contribution in [2.24, 2.45) is 0 Å². The molecule has 0 radical (unpaired) electrons. The van der Waals surface area contributed by atoms with E-state index in [1.807, 2.05) is 32.0 Å². The molecule has 3 rings (SSSR count). The van der Waals surface area contributed by atoms with Crippen LogP contribution in [-0.2, 0) is 24.2 Å². The number of anilines is 1. The molecule has 0 unspecified atom stereocenters. The average molecular weight is 336 g/mol. The van der Waals surface area contributed by atoms with E-state index in [2.05, 4.69) is 15.6 Å². The summed E-state index contributed by atoms with van der Waals surface area (Å²) in [5, 5.41) is 11.3. The minimum Gasteiger partial charge on any atom is -0.324 e. The van der Waals surface area contributed by atoms with Crippen LogP contribution in [0.2, 0.25) is 0 Å². The first kappa shape index (κ1) is 16.8. The molecule has 1 heterocycles. The number of nitrogens with zero attached hydrogens (tertiary/aromatic N) is 3. The van der Waals surface area contributed by atoms with Crippen LogP contribution in [0.1, 0.15) is 25.0 Å². The molecular formula is C19H20N4O2. The van der Waals surface area contributed by atoms with Gasteiger partial charge in [-0.1, -0.05) is 49.4 Å². The number of fused-ring (bicyclic) bond motifs is 1. The number of hydrogen-bond donors (Lipinski definition) is 1. The lowest BCUT2D eigenvalue weighted by molar-refractivity contribution is -0.117. The van der Waals surface area contributed by atoms with Crippen molar-refractivity contribution in [2.75, 3.05) is 5.32 Å². The van der Waals surface area contributed by atoms with Gasteiger partial charge in [-0.2, -0.15) is 0 Å². The highest BCUT2D eigenvalue weighted by Gasteiger charge is 2.13. The summed E-state index contributed by atoms with van der Waals surface area (Å²) in [6.45, 7) is 3.92. The predicted octanol–water partition coefficient (Wildman–Crippen LogP) is 2.56. The van der Waals surface area contributed by atoms with E-state index in [0.717, 1.165) is 34.3 Å². The number of para-hydroxylation sites is 1. The maximum Gasteiger partial charge on any atom is 0.278 e. The number of aromatic nitrogens is 3. The summed E-state index contributed by atoms with van der Waals surface area (Å²) >= 11 is 0. The first-order valence-corrected chi connectivity index (χ1v) is 8.37. The van der Waals surface area contributed by atoms with E-state index in [-0.39, 0.29) is 18.0 Å². The maximum absolute atomic E-state index is 12.5. The molecule has 1 N–H and O–H groups in total. The number of benzene rings is 2. The Morgan fingerprint density at radius 3 is 2.40 bits per heavy atom. The molecule has 0 aliphatic rings. The van der Waals surface area contributed by atoms with Crippen LogP contribution < -0.4 is 10.9 Å². The first-order valence-electron chi connectivity index (χ1n) is 8.37. The highest BCUT2D eigenvalue weighted by atomic mass is 16.2. The standard InChI is InChI=1S/C19H20N4O2/c1-3-13-8-7-9-14(4-2)18(13)20-17(24)12-23-19(25)15-10-5-6-11-16(15)21-22-23/h5-11H,3-4,12H2,1-2H3,(H,20,24). The summed E-state index contributed by atoms with van der Waals surface area (Å²) in [7, 11) is 0. The molecule has 1 aromatic heterocycles. The molecule has 0 aliphatic heterocycles. The van der Waals surface area contributed by atoms with E-state index < -0.39 is 0 Å². The van der Waals surface area contributed by atoms with Crippen LogP contribution >= 0.6 is 0 Å². The molecule has 3 aromatic rings. The van der Waals surface area contributed by atoms with Gasteiger partial charge in [0.05, 0.1) is 5.39 Å². The molecule has 128 valence electrons. The summed E-state index contributed by atoms with van der Waals surface area (Å²) in [5.74, 6) is -0.290. The minimum absolute atomic E-state index is 0.169. The Hall–Kier alpha value is -3.02. The van der Waals surface area contributed by atoms with Crippen molar-refractivity contribution in [3.8, 4) is 0 Å². The number of rotatable bonds is 5. The van der Waals surface area contributed by atoms with Gasteiger partial charge >= 0.3 is 0 Å². The largest absolute Gasteiger partial charge is 0.324 e. The first-order chi connectivity index (χ1) is 12.1. The highest BCUT2D eigenvalue weighted by Crippen LogP contribution is 2.22. The normalized spacial score (nSPS) is 10.8. The van der Waals surface area contributed by atoms with Gasteiger partial charge in [0.1, 0.15) is 12.1 Å². The molecule has 6 nitrogen and oxygen atoms in total. The Morgan fingerprint density at radius 1 is 1.04 bits per heavy atom. The monoisotopic (exact) mass is 336 g/mol. The van der Waals surface area contributed by atoms with Crippen LogP contribution in [0.3, 0.4) is 0 Å². The van der Waals surface area contributed by atoms with Crippen LogP contribution in [0.15, 0.2) is 47.3 Å². The van der Waals surface area contributed by atoms with Gasteiger partial charge in [-0.15, -0.1) is 5.10 Å². The van der Waals surface area contributed by atoms with E-state index in [1.165, 1.54) is 0 Å². The summed E-state index contributed by atoms with van der Waals surface area (Å²) in [6, 6.07) is 12.9. The third-order valence-electron chi connectivity index (χ3n) is 4.19. The second-order valence-electron chi connectivity index (χ2n) is 5.78. The fourth-order valence-electron chi connectivity index (χ4n) is 2.85. The Morgan fingerprint density at radius 2 is 1.72 bits per heavy atom. The van der Waals surface area contributed by atoms with Crippen LogP contribution in [0.5, 0.6) is 0 Å². The smallest absolute Gasteiger partial charge is 0.278 e. The summed E-state index contributed by atoms with van der Waals surface area (Å²) in [4.78, 5) is 24.9. The number of carbonyl (C=O) groups excluding carboxylic acids is 1. The number of hydrogen-bond acceptors (Lipinski definition) is 4. The lowest BCUT2D eigenvalue weighted by atomic mass is 10.0. The topological polar surface area (TPSA) is 76.9 Å². The zero-order valence-corrected chi connectivity index (χ0v) is 14.3. The highest BCUT2D eigenvalue weighted by molar-refractivity contribution is 5.92. The number of carbonyl (C=O) groups is 1. The van der Waals surface area contributed by atoms with E-state index in [0.29, 0.717) is 10.9 Å². The molecule has 0 saturated heterocycles. The summed E-state index contributed by atoms with van der Waals surface area (Å²) in [6.07, 6.45) is 1.64. The van der Waals surface area contributed by atoms with E-state index in [1.54, 1.807) is 24.3 Å². The third kappa shape index (κ3) is 3.42. The van der Waals surface area contributed by atoms with E-state index in [4.69, 9.17) is 0 Å². The third-order valence-corrected chi connectivity index (χ3v) is 4.19. The van der Waals surface area contributed by atoms with Gasteiger partial charge in [-0.25, -0.2) is 4.68 Å². The van der Waals surface area contributed by atoms with Crippen LogP contribution in [0, 0.1) is 0 Å². The second kappa shape index (κ2) is 7.25. The number of nitrogens with one attached hydrogen (secondary N) is 1. The van der Waals surface area contributed by atoms with E-state index >= 15 is 0 Å².